The molecule has 0 fully saturated rings. The van der Waals surface area contributed by atoms with Gasteiger partial charge in [0.05, 0.1) is 10.6 Å². The van der Waals surface area contributed by atoms with Gasteiger partial charge >= 0.3 is 0 Å². The Hall–Kier alpha value is -3.65. The van der Waals surface area contributed by atoms with Crippen LogP contribution in [0.1, 0.15) is 56.4 Å². The van der Waals surface area contributed by atoms with Crippen LogP contribution in [0.15, 0.2) is 77.7 Å². The first-order valence-corrected chi connectivity index (χ1v) is 15.0. The molecule has 0 aromatic heterocycles. The summed E-state index contributed by atoms with van der Waals surface area (Å²) in [5.41, 5.74) is 3.66. The monoisotopic (exact) mass is 563 g/mol. The highest BCUT2D eigenvalue weighted by Gasteiger charge is 2.34. The Kier molecular flexibility index (Phi) is 9.79. The SMILES string of the molecule is CC[C@H](C(=O)NC(C)(C)C)N(Cc1cccc(C)c1)C(=O)CN(c1ccc(C)cc1)S(=O)(=O)c1ccc(C)cc1. The minimum Gasteiger partial charge on any atom is -0.350 e. The van der Waals surface area contributed by atoms with Gasteiger partial charge in [-0.2, -0.15) is 0 Å². The Labute approximate surface area is 239 Å². The van der Waals surface area contributed by atoms with E-state index in [-0.39, 0.29) is 17.3 Å². The predicted molar refractivity (Wildman–Crippen MR) is 161 cm³/mol. The van der Waals surface area contributed by atoms with E-state index in [2.05, 4.69) is 5.32 Å². The van der Waals surface area contributed by atoms with Gasteiger partial charge in [-0.3, -0.25) is 13.9 Å². The van der Waals surface area contributed by atoms with Crippen molar-refractivity contribution in [3.05, 3.63) is 95.1 Å². The fourth-order valence-electron chi connectivity index (χ4n) is 4.46. The average molecular weight is 564 g/mol. The molecule has 0 aliphatic carbocycles. The summed E-state index contributed by atoms with van der Waals surface area (Å²) in [6.45, 7) is 13.0. The molecule has 8 heteroatoms. The van der Waals surface area contributed by atoms with Crippen molar-refractivity contribution >= 4 is 27.5 Å². The number of hydrogen-bond acceptors (Lipinski definition) is 4. The maximum atomic E-state index is 14.1. The largest absolute Gasteiger partial charge is 0.350 e. The minimum atomic E-state index is -4.09. The molecule has 2 amide bonds. The predicted octanol–water partition coefficient (Wildman–Crippen LogP) is 5.53. The van der Waals surface area contributed by atoms with Crippen LogP contribution in [-0.2, 0) is 26.2 Å². The van der Waals surface area contributed by atoms with E-state index in [1.54, 1.807) is 36.4 Å². The lowest BCUT2D eigenvalue weighted by Crippen LogP contribution is -2.55. The number of hydrogen-bond donors (Lipinski definition) is 1. The first-order valence-electron chi connectivity index (χ1n) is 13.5. The van der Waals surface area contributed by atoms with E-state index in [9.17, 15) is 18.0 Å². The van der Waals surface area contributed by atoms with Gasteiger partial charge in [0.1, 0.15) is 12.6 Å². The molecule has 40 heavy (non-hydrogen) atoms. The molecular formula is C32H41N3O4S. The highest BCUT2D eigenvalue weighted by Crippen LogP contribution is 2.26. The van der Waals surface area contributed by atoms with Gasteiger partial charge in [-0.05, 0) is 77.8 Å². The number of anilines is 1. The molecule has 3 rings (SSSR count). The molecule has 0 spiro atoms. The minimum absolute atomic E-state index is 0.0919. The summed E-state index contributed by atoms with van der Waals surface area (Å²) in [5, 5.41) is 2.99. The number of nitrogens with zero attached hydrogens (tertiary/aromatic N) is 2. The van der Waals surface area contributed by atoms with Crippen LogP contribution in [0.2, 0.25) is 0 Å². The third-order valence-electron chi connectivity index (χ3n) is 6.53. The molecule has 0 aliphatic heterocycles. The van der Waals surface area contributed by atoms with Crippen LogP contribution < -0.4 is 9.62 Å². The van der Waals surface area contributed by atoms with E-state index >= 15 is 0 Å². The van der Waals surface area contributed by atoms with E-state index in [1.807, 2.05) is 84.9 Å². The zero-order valence-electron chi connectivity index (χ0n) is 24.6. The molecule has 1 N–H and O–H groups in total. The zero-order valence-corrected chi connectivity index (χ0v) is 25.4. The third kappa shape index (κ3) is 7.94. The van der Waals surface area contributed by atoms with Gasteiger partial charge in [0.25, 0.3) is 10.0 Å². The van der Waals surface area contributed by atoms with E-state index < -0.39 is 34.1 Å². The van der Waals surface area contributed by atoms with Crippen molar-refractivity contribution in [1.82, 2.24) is 10.2 Å². The Balaban J connectivity index is 2.07. The van der Waals surface area contributed by atoms with Crippen molar-refractivity contribution < 1.29 is 18.0 Å². The van der Waals surface area contributed by atoms with Gasteiger partial charge in [0.2, 0.25) is 11.8 Å². The Morgan fingerprint density at radius 1 is 0.850 bits per heavy atom. The lowest BCUT2D eigenvalue weighted by molar-refractivity contribution is -0.141. The van der Waals surface area contributed by atoms with Crippen molar-refractivity contribution in [3.63, 3.8) is 0 Å². The fourth-order valence-corrected chi connectivity index (χ4v) is 5.87. The number of sulfonamides is 1. The second-order valence-corrected chi connectivity index (χ2v) is 13.2. The van der Waals surface area contributed by atoms with Crippen LogP contribution in [0.4, 0.5) is 5.69 Å². The molecule has 7 nitrogen and oxygen atoms in total. The van der Waals surface area contributed by atoms with Gasteiger partial charge in [0, 0.05) is 12.1 Å². The molecule has 1 atom stereocenters. The van der Waals surface area contributed by atoms with Crippen LogP contribution in [0.5, 0.6) is 0 Å². The molecule has 214 valence electrons. The summed E-state index contributed by atoms with van der Waals surface area (Å²) >= 11 is 0. The number of benzene rings is 3. The molecule has 0 heterocycles. The summed E-state index contributed by atoms with van der Waals surface area (Å²) < 4.78 is 29.0. The van der Waals surface area contributed by atoms with Gasteiger partial charge < -0.3 is 10.2 Å². The molecule has 0 aliphatic rings. The molecular weight excluding hydrogens is 522 g/mol. The number of carbonyl (C=O) groups excluding carboxylic acids is 2. The molecule has 3 aromatic carbocycles. The number of carbonyl (C=O) groups is 2. The molecule has 3 aromatic rings. The molecule has 0 saturated heterocycles. The maximum absolute atomic E-state index is 14.1. The van der Waals surface area contributed by atoms with Crippen LogP contribution in [0.25, 0.3) is 0 Å². The lowest BCUT2D eigenvalue weighted by atomic mass is 10.0. The van der Waals surface area contributed by atoms with Crippen LogP contribution in [-0.4, -0.2) is 43.3 Å². The molecule has 0 saturated carbocycles. The summed E-state index contributed by atoms with van der Waals surface area (Å²) in [6.07, 6.45) is 0.370. The molecule has 0 bridgehead atoms. The highest BCUT2D eigenvalue weighted by molar-refractivity contribution is 7.92. The molecule has 0 unspecified atom stereocenters. The number of nitrogens with one attached hydrogen (secondary N) is 1. The average Bonchev–Trinajstić information content (AvgIpc) is 2.87. The number of aryl methyl sites for hydroxylation is 3. The van der Waals surface area contributed by atoms with Crippen molar-refractivity contribution in [2.45, 2.75) is 77.9 Å². The summed E-state index contributed by atoms with van der Waals surface area (Å²) in [7, 11) is -4.09. The zero-order chi connectivity index (χ0) is 29.7. The highest BCUT2D eigenvalue weighted by atomic mass is 32.2. The van der Waals surface area contributed by atoms with E-state index in [4.69, 9.17) is 0 Å². The van der Waals surface area contributed by atoms with Crippen molar-refractivity contribution in [3.8, 4) is 0 Å². The first-order chi connectivity index (χ1) is 18.7. The molecule has 0 radical (unpaired) electrons. The van der Waals surface area contributed by atoms with Gasteiger partial charge in [0.15, 0.2) is 0 Å². The lowest BCUT2D eigenvalue weighted by Gasteiger charge is -2.35. The van der Waals surface area contributed by atoms with E-state index in [1.165, 1.54) is 4.90 Å². The van der Waals surface area contributed by atoms with Crippen LogP contribution in [0.3, 0.4) is 0 Å². The van der Waals surface area contributed by atoms with E-state index in [0.717, 1.165) is 26.6 Å². The van der Waals surface area contributed by atoms with Gasteiger partial charge in [-0.1, -0.05) is 72.1 Å². The summed E-state index contributed by atoms with van der Waals surface area (Å²) in [6, 6.07) is 20.5. The fraction of sp³-hybridized carbons (Fsp3) is 0.375. The van der Waals surface area contributed by atoms with Crippen molar-refractivity contribution in [1.29, 1.82) is 0 Å². The second-order valence-electron chi connectivity index (χ2n) is 11.3. The van der Waals surface area contributed by atoms with Crippen LogP contribution >= 0.6 is 0 Å². The number of amides is 2. The van der Waals surface area contributed by atoms with Crippen molar-refractivity contribution in [2.75, 3.05) is 10.8 Å². The summed E-state index contributed by atoms with van der Waals surface area (Å²) in [4.78, 5) is 29.1. The van der Waals surface area contributed by atoms with Gasteiger partial charge in [-0.15, -0.1) is 0 Å². The van der Waals surface area contributed by atoms with Crippen molar-refractivity contribution in [2.24, 2.45) is 0 Å². The quantitative estimate of drug-likeness (QED) is 0.352. The summed E-state index contributed by atoms with van der Waals surface area (Å²) in [5.74, 6) is -0.743. The Morgan fingerprint density at radius 2 is 1.43 bits per heavy atom. The Bertz CT molecular complexity index is 1430. The smallest absolute Gasteiger partial charge is 0.264 e. The van der Waals surface area contributed by atoms with Gasteiger partial charge in [-0.25, -0.2) is 8.42 Å². The van der Waals surface area contributed by atoms with E-state index in [0.29, 0.717) is 12.1 Å². The topological polar surface area (TPSA) is 86.8 Å². The van der Waals surface area contributed by atoms with Crippen LogP contribution in [0, 0.1) is 20.8 Å². The second kappa shape index (κ2) is 12.7. The number of rotatable bonds is 10. The first kappa shape index (κ1) is 30.9. The Morgan fingerprint density at radius 3 is 1.95 bits per heavy atom. The maximum Gasteiger partial charge on any atom is 0.264 e. The standard InChI is InChI=1S/C32H41N3O4S/c1-8-29(31(37)33-32(5,6)7)34(21-26-11-9-10-25(4)20-26)30(36)22-35(27-16-12-23(2)13-17-27)40(38,39)28-18-14-24(3)15-19-28/h9-20,29H,8,21-22H2,1-7H3,(H,33,37)/t29-/m1/s1. The normalized spacial score (nSPS) is 12.5. The third-order valence-corrected chi connectivity index (χ3v) is 8.32.